The lowest BCUT2D eigenvalue weighted by Gasteiger charge is -2.20. The second-order valence-electron chi connectivity index (χ2n) is 4.43. The molecule has 1 rings (SSSR count). The van der Waals surface area contributed by atoms with Crippen LogP contribution in [0.1, 0.15) is 6.92 Å². The molecule has 0 fully saturated rings. The Bertz CT molecular complexity index is 447. The molecule has 1 atom stereocenters. The summed E-state index contributed by atoms with van der Waals surface area (Å²) in [6.07, 6.45) is 1.59. The highest BCUT2D eigenvalue weighted by Gasteiger charge is 2.11. The van der Waals surface area contributed by atoms with E-state index in [1.54, 1.807) is 6.20 Å². The van der Waals surface area contributed by atoms with Crippen LogP contribution in [0.3, 0.4) is 0 Å². The lowest BCUT2D eigenvalue weighted by Crippen LogP contribution is -2.31. The number of rotatable bonds is 6. The van der Waals surface area contributed by atoms with Gasteiger partial charge in [0, 0.05) is 12.6 Å². The van der Waals surface area contributed by atoms with Crippen LogP contribution in [0.15, 0.2) is 15.5 Å². The summed E-state index contributed by atoms with van der Waals surface area (Å²) in [7, 11) is 3.98. The second kappa shape index (κ2) is 6.86. The van der Waals surface area contributed by atoms with Crippen molar-refractivity contribution >= 4 is 21.6 Å². The summed E-state index contributed by atoms with van der Waals surface area (Å²) < 4.78 is 1.67. The largest absolute Gasteiger partial charge is 0.394 e. The fourth-order valence-electron chi connectivity index (χ4n) is 1.68. The molecule has 2 N–H and O–H groups in total. The van der Waals surface area contributed by atoms with Crippen molar-refractivity contribution in [1.29, 1.82) is 0 Å². The maximum atomic E-state index is 11.9. The summed E-state index contributed by atoms with van der Waals surface area (Å²) in [5.74, 6) is 0. The van der Waals surface area contributed by atoms with E-state index >= 15 is 0 Å². The summed E-state index contributed by atoms with van der Waals surface area (Å²) in [5, 5.41) is 16.0. The van der Waals surface area contributed by atoms with Crippen LogP contribution in [0.25, 0.3) is 0 Å². The molecule has 1 unspecified atom stereocenters. The molecular formula is C11H19BrN4O2. The topological polar surface area (TPSA) is 70.4 Å². The molecule has 0 saturated carbocycles. The average Bonchev–Trinajstić information content (AvgIpc) is 2.28. The molecule has 0 spiro atoms. The van der Waals surface area contributed by atoms with Crippen LogP contribution >= 0.6 is 15.9 Å². The quantitative estimate of drug-likeness (QED) is 0.792. The molecule has 1 aromatic rings. The number of nitrogens with one attached hydrogen (secondary N) is 1. The first-order valence-electron chi connectivity index (χ1n) is 5.73. The smallest absolute Gasteiger partial charge is 0.283 e. The van der Waals surface area contributed by atoms with Crippen molar-refractivity contribution in [2.24, 2.45) is 0 Å². The standard InChI is InChI=1S/C11H19BrN4O2/c1-8(7-15(2)3)14-9-6-13-16(4-5-17)11(18)10(9)12/h6,8,14,17H,4-5,7H2,1-3H3. The number of aliphatic hydroxyl groups is 1. The molecule has 18 heavy (non-hydrogen) atoms. The molecule has 0 amide bonds. The number of nitrogens with zero attached hydrogens (tertiary/aromatic N) is 3. The van der Waals surface area contributed by atoms with Crippen LogP contribution in [-0.4, -0.2) is 53.1 Å². The van der Waals surface area contributed by atoms with E-state index in [2.05, 4.69) is 31.2 Å². The molecule has 102 valence electrons. The first-order chi connectivity index (χ1) is 8.45. The van der Waals surface area contributed by atoms with Crippen LogP contribution in [0.4, 0.5) is 5.69 Å². The number of hydrogen-bond donors (Lipinski definition) is 2. The number of likely N-dealkylation sites (N-methyl/N-ethyl adjacent to an activating group) is 1. The molecule has 0 saturated heterocycles. The maximum Gasteiger partial charge on any atom is 0.283 e. The lowest BCUT2D eigenvalue weighted by atomic mass is 10.3. The third kappa shape index (κ3) is 4.08. The minimum atomic E-state index is -0.244. The molecule has 1 aromatic heterocycles. The Labute approximate surface area is 115 Å². The van der Waals surface area contributed by atoms with Gasteiger partial charge in [0.1, 0.15) is 4.47 Å². The van der Waals surface area contributed by atoms with Gasteiger partial charge in [-0.1, -0.05) is 0 Å². The van der Waals surface area contributed by atoms with Gasteiger partial charge in [0.15, 0.2) is 0 Å². The SMILES string of the molecule is CC(CN(C)C)Nc1cnn(CCO)c(=O)c1Br. The van der Waals surface area contributed by atoms with E-state index < -0.39 is 0 Å². The van der Waals surface area contributed by atoms with Gasteiger partial charge in [-0.25, -0.2) is 4.68 Å². The van der Waals surface area contributed by atoms with Crippen molar-refractivity contribution in [3.63, 3.8) is 0 Å². The van der Waals surface area contributed by atoms with Crippen LogP contribution in [-0.2, 0) is 6.54 Å². The van der Waals surface area contributed by atoms with Gasteiger partial charge in [0.2, 0.25) is 0 Å². The van der Waals surface area contributed by atoms with Gasteiger partial charge in [-0.15, -0.1) is 0 Å². The number of anilines is 1. The average molecular weight is 319 g/mol. The van der Waals surface area contributed by atoms with E-state index in [4.69, 9.17) is 5.11 Å². The molecule has 0 aliphatic carbocycles. The van der Waals surface area contributed by atoms with E-state index in [9.17, 15) is 4.79 Å². The minimum Gasteiger partial charge on any atom is -0.394 e. The Balaban J connectivity index is 2.85. The zero-order valence-corrected chi connectivity index (χ0v) is 12.4. The highest BCUT2D eigenvalue weighted by atomic mass is 79.9. The molecule has 0 aliphatic heterocycles. The van der Waals surface area contributed by atoms with Crippen molar-refractivity contribution in [3.05, 3.63) is 21.0 Å². The van der Waals surface area contributed by atoms with Gasteiger partial charge >= 0.3 is 0 Å². The van der Waals surface area contributed by atoms with E-state index in [1.165, 1.54) is 4.68 Å². The molecular weight excluding hydrogens is 300 g/mol. The second-order valence-corrected chi connectivity index (χ2v) is 5.22. The Hall–Kier alpha value is -0.920. The summed E-state index contributed by atoms with van der Waals surface area (Å²) in [4.78, 5) is 13.9. The van der Waals surface area contributed by atoms with E-state index in [-0.39, 0.29) is 24.8 Å². The van der Waals surface area contributed by atoms with E-state index in [0.29, 0.717) is 10.2 Å². The summed E-state index contributed by atoms with van der Waals surface area (Å²) in [6.45, 7) is 2.98. The van der Waals surface area contributed by atoms with Gasteiger partial charge in [0.05, 0.1) is 25.0 Å². The Morgan fingerprint density at radius 2 is 2.28 bits per heavy atom. The number of aromatic nitrogens is 2. The molecule has 0 bridgehead atoms. The maximum absolute atomic E-state index is 11.9. The first kappa shape index (κ1) is 15.1. The summed E-state index contributed by atoms with van der Waals surface area (Å²) in [6, 6.07) is 0.200. The van der Waals surface area contributed by atoms with Gasteiger partial charge in [-0.05, 0) is 36.9 Å². The van der Waals surface area contributed by atoms with Crippen molar-refractivity contribution in [2.45, 2.75) is 19.5 Å². The molecule has 0 aromatic carbocycles. The van der Waals surface area contributed by atoms with Crippen molar-refractivity contribution in [2.75, 3.05) is 32.6 Å². The Morgan fingerprint density at radius 1 is 1.61 bits per heavy atom. The monoisotopic (exact) mass is 318 g/mol. The number of aliphatic hydroxyl groups excluding tert-OH is 1. The summed E-state index contributed by atoms with van der Waals surface area (Å²) in [5.41, 5.74) is 0.426. The highest BCUT2D eigenvalue weighted by molar-refractivity contribution is 9.10. The molecule has 7 heteroatoms. The Morgan fingerprint density at radius 3 is 2.83 bits per heavy atom. The predicted molar refractivity (Wildman–Crippen MR) is 74.9 cm³/mol. The molecule has 0 radical (unpaired) electrons. The summed E-state index contributed by atoms with van der Waals surface area (Å²) >= 11 is 3.26. The third-order valence-corrected chi connectivity index (χ3v) is 3.10. The van der Waals surface area contributed by atoms with Crippen LogP contribution < -0.4 is 10.9 Å². The normalized spacial score (nSPS) is 12.8. The fourth-order valence-corrected chi connectivity index (χ4v) is 2.10. The predicted octanol–water partition coefficient (Wildman–Crippen LogP) is 0.360. The number of hydrogen-bond acceptors (Lipinski definition) is 5. The lowest BCUT2D eigenvalue weighted by molar-refractivity contribution is 0.266. The molecule has 0 aliphatic rings. The van der Waals surface area contributed by atoms with Crippen molar-refractivity contribution < 1.29 is 5.11 Å². The molecule has 6 nitrogen and oxygen atoms in total. The third-order valence-electron chi connectivity index (χ3n) is 2.34. The van der Waals surface area contributed by atoms with Gasteiger partial charge < -0.3 is 15.3 Å². The number of halogens is 1. The zero-order chi connectivity index (χ0) is 13.7. The van der Waals surface area contributed by atoms with Gasteiger partial charge in [-0.3, -0.25) is 4.79 Å². The van der Waals surface area contributed by atoms with E-state index in [1.807, 2.05) is 21.0 Å². The van der Waals surface area contributed by atoms with Gasteiger partial charge in [0.25, 0.3) is 5.56 Å². The van der Waals surface area contributed by atoms with E-state index in [0.717, 1.165) is 6.54 Å². The minimum absolute atomic E-state index is 0.108. The van der Waals surface area contributed by atoms with Crippen LogP contribution in [0.2, 0.25) is 0 Å². The highest BCUT2D eigenvalue weighted by Crippen LogP contribution is 2.17. The van der Waals surface area contributed by atoms with Crippen LogP contribution in [0, 0.1) is 0 Å². The Kier molecular flexibility index (Phi) is 5.77. The van der Waals surface area contributed by atoms with Crippen molar-refractivity contribution in [3.8, 4) is 0 Å². The zero-order valence-electron chi connectivity index (χ0n) is 10.9. The molecule has 1 heterocycles. The first-order valence-corrected chi connectivity index (χ1v) is 6.52. The fraction of sp³-hybridized carbons (Fsp3) is 0.636. The van der Waals surface area contributed by atoms with Gasteiger partial charge in [-0.2, -0.15) is 5.10 Å². The van der Waals surface area contributed by atoms with Crippen molar-refractivity contribution in [1.82, 2.24) is 14.7 Å². The van der Waals surface area contributed by atoms with Crippen LogP contribution in [0.5, 0.6) is 0 Å².